The van der Waals surface area contributed by atoms with E-state index in [9.17, 15) is 4.79 Å². The highest BCUT2D eigenvalue weighted by molar-refractivity contribution is 5.84. The van der Waals surface area contributed by atoms with Gasteiger partial charge in [-0.1, -0.05) is 42.5 Å². The lowest BCUT2D eigenvalue weighted by Crippen LogP contribution is -2.62. The number of carbonyl (C=O) groups is 1. The third kappa shape index (κ3) is 3.61. The van der Waals surface area contributed by atoms with Gasteiger partial charge in [0.2, 0.25) is 0 Å². The van der Waals surface area contributed by atoms with Crippen LogP contribution in [0.4, 0.5) is 0 Å². The predicted molar refractivity (Wildman–Crippen MR) is 102 cm³/mol. The quantitative estimate of drug-likeness (QED) is 0.758. The number of rotatable bonds is 5. The molecule has 0 N–H and O–H groups in total. The first-order valence-corrected chi connectivity index (χ1v) is 9.02. The molecule has 0 saturated carbocycles. The summed E-state index contributed by atoms with van der Waals surface area (Å²) in [7, 11) is 1.66. The Bertz CT molecular complexity index is 749. The van der Waals surface area contributed by atoms with Crippen LogP contribution in [0.3, 0.4) is 0 Å². The zero-order chi connectivity index (χ0) is 18.8. The van der Waals surface area contributed by atoms with Crippen LogP contribution in [-0.2, 0) is 21.6 Å². The number of hydrogen-bond donors (Lipinski definition) is 0. The first-order chi connectivity index (χ1) is 12.3. The Kier molecular flexibility index (Phi) is 5.05. The van der Waals surface area contributed by atoms with Gasteiger partial charge in [0.25, 0.3) is 0 Å². The van der Waals surface area contributed by atoms with Crippen molar-refractivity contribution in [2.24, 2.45) is 0 Å². The van der Waals surface area contributed by atoms with Gasteiger partial charge < -0.3 is 9.47 Å². The Balaban J connectivity index is 1.89. The number of esters is 1. The molecular formula is C22H27NO3. The fraction of sp³-hybridized carbons (Fsp3) is 0.409. The van der Waals surface area contributed by atoms with Crippen LogP contribution in [0.5, 0.6) is 5.75 Å². The van der Waals surface area contributed by atoms with Gasteiger partial charge in [-0.3, -0.25) is 4.90 Å². The molecule has 1 unspecified atom stereocenters. The van der Waals surface area contributed by atoms with Gasteiger partial charge in [-0.05, 0) is 50.5 Å². The second kappa shape index (κ2) is 7.12. The minimum Gasteiger partial charge on any atom is -0.497 e. The third-order valence-electron chi connectivity index (χ3n) is 4.80. The van der Waals surface area contributed by atoms with Gasteiger partial charge in [-0.15, -0.1) is 0 Å². The minimum absolute atomic E-state index is 0.170. The molecule has 1 fully saturated rings. The fourth-order valence-corrected chi connectivity index (χ4v) is 3.41. The summed E-state index contributed by atoms with van der Waals surface area (Å²) in [6, 6.07) is 18.0. The van der Waals surface area contributed by atoms with Gasteiger partial charge in [0.05, 0.1) is 7.11 Å². The molecule has 2 aromatic carbocycles. The van der Waals surface area contributed by atoms with Gasteiger partial charge >= 0.3 is 5.97 Å². The number of hydrogen-bond acceptors (Lipinski definition) is 4. The molecule has 1 heterocycles. The number of methoxy groups -OCH3 is 1. The molecule has 0 amide bonds. The number of nitrogens with zero attached hydrogens (tertiary/aromatic N) is 1. The van der Waals surface area contributed by atoms with Crippen molar-refractivity contribution in [3.05, 3.63) is 65.7 Å². The maximum atomic E-state index is 13.2. The molecule has 138 valence electrons. The molecule has 1 saturated heterocycles. The smallest absolute Gasteiger partial charge is 0.331 e. The van der Waals surface area contributed by atoms with E-state index in [0.29, 0.717) is 6.54 Å². The topological polar surface area (TPSA) is 38.8 Å². The van der Waals surface area contributed by atoms with Gasteiger partial charge in [0, 0.05) is 13.1 Å². The molecule has 0 aliphatic carbocycles. The zero-order valence-corrected chi connectivity index (χ0v) is 16.0. The average molecular weight is 353 g/mol. The summed E-state index contributed by atoms with van der Waals surface area (Å²) in [6.07, 6.45) is 0.766. The Labute approximate surface area is 155 Å². The maximum Gasteiger partial charge on any atom is 0.331 e. The molecule has 4 heteroatoms. The van der Waals surface area contributed by atoms with Crippen molar-refractivity contribution in [2.75, 3.05) is 13.7 Å². The monoisotopic (exact) mass is 353 g/mol. The number of benzene rings is 2. The number of carbonyl (C=O) groups excluding carboxylic acids is 1. The number of ether oxygens (including phenoxy) is 2. The van der Waals surface area contributed by atoms with Crippen LogP contribution < -0.4 is 4.74 Å². The SMILES string of the molecule is COc1ccc(CN2CCC2(C(=O)OC(C)(C)C)c2ccccc2)cc1. The van der Waals surface area contributed by atoms with Crippen LogP contribution in [0.2, 0.25) is 0 Å². The van der Waals surface area contributed by atoms with Crippen molar-refractivity contribution in [3.63, 3.8) is 0 Å². The lowest BCUT2D eigenvalue weighted by atomic mass is 9.77. The second-order valence-electron chi connectivity index (χ2n) is 7.75. The summed E-state index contributed by atoms with van der Waals surface area (Å²) >= 11 is 0. The molecule has 3 rings (SSSR count). The highest BCUT2D eigenvalue weighted by Gasteiger charge is 2.54. The number of likely N-dealkylation sites (tertiary alicyclic amines) is 1. The second-order valence-corrected chi connectivity index (χ2v) is 7.75. The van der Waals surface area contributed by atoms with E-state index in [1.54, 1.807) is 7.11 Å². The van der Waals surface area contributed by atoms with E-state index in [1.807, 2.05) is 75.4 Å². The summed E-state index contributed by atoms with van der Waals surface area (Å²) in [6.45, 7) is 7.29. The first-order valence-electron chi connectivity index (χ1n) is 9.02. The highest BCUT2D eigenvalue weighted by Crippen LogP contribution is 2.43. The van der Waals surface area contributed by atoms with Crippen molar-refractivity contribution >= 4 is 5.97 Å². The molecular weight excluding hydrogens is 326 g/mol. The van der Waals surface area contributed by atoms with E-state index in [2.05, 4.69) is 4.90 Å². The van der Waals surface area contributed by atoms with Crippen LogP contribution in [0.15, 0.2) is 54.6 Å². The standard InChI is InChI=1S/C22H27NO3/c1-21(2,3)26-20(24)22(18-8-6-5-7-9-18)14-15-23(22)16-17-10-12-19(25-4)13-11-17/h5-13H,14-16H2,1-4H3. The molecule has 0 spiro atoms. The normalized spacial score (nSPS) is 20.3. The van der Waals surface area contributed by atoms with Gasteiger partial charge in [-0.2, -0.15) is 0 Å². The maximum absolute atomic E-state index is 13.2. The van der Waals surface area contributed by atoms with E-state index in [4.69, 9.17) is 9.47 Å². The summed E-state index contributed by atoms with van der Waals surface area (Å²) in [5.74, 6) is 0.662. The van der Waals surface area contributed by atoms with E-state index in [1.165, 1.54) is 0 Å². The summed E-state index contributed by atoms with van der Waals surface area (Å²) in [5, 5.41) is 0. The molecule has 4 nitrogen and oxygen atoms in total. The summed E-state index contributed by atoms with van der Waals surface area (Å²) in [5.41, 5.74) is 0.915. The Hall–Kier alpha value is -2.33. The molecule has 1 atom stereocenters. The minimum atomic E-state index is -0.714. The van der Waals surface area contributed by atoms with Gasteiger partial charge in [0.15, 0.2) is 0 Å². The largest absolute Gasteiger partial charge is 0.497 e. The van der Waals surface area contributed by atoms with E-state index < -0.39 is 11.1 Å². The molecule has 26 heavy (non-hydrogen) atoms. The van der Waals surface area contributed by atoms with Crippen LogP contribution in [0.25, 0.3) is 0 Å². The van der Waals surface area contributed by atoms with E-state index >= 15 is 0 Å². The molecule has 1 aliphatic heterocycles. The van der Waals surface area contributed by atoms with Crippen molar-refractivity contribution in [1.29, 1.82) is 0 Å². The van der Waals surface area contributed by atoms with Crippen molar-refractivity contribution < 1.29 is 14.3 Å². The van der Waals surface area contributed by atoms with Gasteiger partial charge in [0.1, 0.15) is 16.9 Å². The van der Waals surface area contributed by atoms with Gasteiger partial charge in [-0.25, -0.2) is 4.79 Å². The molecule has 1 aliphatic rings. The Morgan fingerprint density at radius 1 is 1.08 bits per heavy atom. The summed E-state index contributed by atoms with van der Waals surface area (Å²) < 4.78 is 11.0. The van der Waals surface area contributed by atoms with E-state index in [-0.39, 0.29) is 5.97 Å². The Morgan fingerprint density at radius 2 is 1.73 bits per heavy atom. The van der Waals surface area contributed by atoms with E-state index in [0.717, 1.165) is 29.8 Å². The summed E-state index contributed by atoms with van der Waals surface area (Å²) in [4.78, 5) is 15.4. The molecule has 2 aromatic rings. The average Bonchev–Trinajstić information content (AvgIpc) is 2.59. The zero-order valence-electron chi connectivity index (χ0n) is 16.0. The molecule has 0 bridgehead atoms. The molecule has 0 aromatic heterocycles. The fourth-order valence-electron chi connectivity index (χ4n) is 3.41. The van der Waals surface area contributed by atoms with Crippen molar-refractivity contribution in [3.8, 4) is 5.75 Å². The predicted octanol–water partition coefficient (Wildman–Crippen LogP) is 4.14. The Morgan fingerprint density at radius 3 is 2.23 bits per heavy atom. The lowest BCUT2D eigenvalue weighted by molar-refractivity contribution is -0.182. The van der Waals surface area contributed by atoms with Crippen molar-refractivity contribution in [2.45, 2.75) is 44.9 Å². The van der Waals surface area contributed by atoms with Crippen LogP contribution in [0.1, 0.15) is 38.3 Å². The van der Waals surface area contributed by atoms with Crippen LogP contribution >= 0.6 is 0 Å². The third-order valence-corrected chi connectivity index (χ3v) is 4.80. The lowest BCUT2D eigenvalue weighted by Gasteiger charge is -2.51. The van der Waals surface area contributed by atoms with Crippen LogP contribution in [0, 0.1) is 0 Å². The van der Waals surface area contributed by atoms with Crippen molar-refractivity contribution in [1.82, 2.24) is 4.90 Å². The van der Waals surface area contributed by atoms with Crippen LogP contribution in [-0.4, -0.2) is 30.1 Å². The molecule has 0 radical (unpaired) electrons. The first kappa shape index (κ1) is 18.5. The highest BCUT2D eigenvalue weighted by atomic mass is 16.6.